The van der Waals surface area contributed by atoms with Crippen LogP contribution in [0.2, 0.25) is 0 Å². The highest BCUT2D eigenvalue weighted by Crippen LogP contribution is 2.17. The van der Waals surface area contributed by atoms with Crippen molar-refractivity contribution in [3.8, 4) is 0 Å². The Morgan fingerprint density at radius 1 is 0.299 bits per heavy atom. The van der Waals surface area contributed by atoms with Crippen molar-refractivity contribution in [3.05, 3.63) is 36.5 Å². The molecule has 1 unspecified atom stereocenters. The molecule has 0 aromatic heterocycles. The molecule has 0 rings (SSSR count). The van der Waals surface area contributed by atoms with E-state index < -0.39 is 6.10 Å². The zero-order valence-electron chi connectivity index (χ0n) is 44.9. The lowest BCUT2D eigenvalue weighted by atomic mass is 10.0. The smallest absolute Gasteiger partial charge is 0.306 e. The quantitative estimate of drug-likeness (QED) is 0.0262. The molecule has 0 saturated heterocycles. The maximum atomic E-state index is 12.9. The molecule has 0 N–H and O–H groups in total. The monoisotopic (exact) mass is 941 g/mol. The highest BCUT2D eigenvalue weighted by Gasteiger charge is 2.19. The van der Waals surface area contributed by atoms with Gasteiger partial charge in [-0.2, -0.15) is 0 Å². The molecule has 6 nitrogen and oxygen atoms in total. The van der Waals surface area contributed by atoms with Gasteiger partial charge >= 0.3 is 17.9 Å². The van der Waals surface area contributed by atoms with Gasteiger partial charge in [-0.1, -0.05) is 282 Å². The number of carbonyl (C=O) groups is 3. The van der Waals surface area contributed by atoms with E-state index in [0.717, 1.165) is 57.8 Å². The van der Waals surface area contributed by atoms with E-state index in [-0.39, 0.29) is 31.1 Å². The molecule has 1 atom stereocenters. The number of hydrogen-bond acceptors (Lipinski definition) is 6. The second-order valence-electron chi connectivity index (χ2n) is 19.9. The third kappa shape index (κ3) is 54.4. The zero-order chi connectivity index (χ0) is 48.6. The summed E-state index contributed by atoms with van der Waals surface area (Å²) in [6, 6.07) is 0. The first-order chi connectivity index (χ1) is 33.0. The van der Waals surface area contributed by atoms with Gasteiger partial charge in [0.2, 0.25) is 0 Å². The van der Waals surface area contributed by atoms with Crippen LogP contribution in [-0.4, -0.2) is 37.2 Å². The van der Waals surface area contributed by atoms with E-state index in [1.165, 1.54) is 212 Å². The molecule has 0 aliphatic rings. The van der Waals surface area contributed by atoms with Gasteiger partial charge in [-0.15, -0.1) is 0 Å². The Bertz CT molecular complexity index is 1130. The van der Waals surface area contributed by atoms with Crippen LogP contribution in [0, 0.1) is 0 Å². The summed E-state index contributed by atoms with van der Waals surface area (Å²) < 4.78 is 16.8. The van der Waals surface area contributed by atoms with Crippen molar-refractivity contribution in [2.45, 2.75) is 322 Å². The first kappa shape index (κ1) is 64.6. The normalized spacial score (nSPS) is 12.2. The maximum absolute atomic E-state index is 12.9. The fourth-order valence-electron chi connectivity index (χ4n) is 8.70. The van der Waals surface area contributed by atoms with Crippen LogP contribution in [0.4, 0.5) is 0 Å². The number of unbranched alkanes of at least 4 members (excludes halogenated alkanes) is 37. The van der Waals surface area contributed by atoms with Gasteiger partial charge in [0.25, 0.3) is 0 Å². The van der Waals surface area contributed by atoms with E-state index >= 15 is 0 Å². The Labute approximate surface area is 416 Å². The molecule has 0 aromatic carbocycles. The SMILES string of the molecule is CCCCCCCC/C=C\C/C=C\C/C=C\CCCC(=O)OCC(COC(=O)CCCCCCCCCCCCCCCCC)OC(=O)CCCCCCCCCCCCCCCCCCC. The van der Waals surface area contributed by atoms with Gasteiger partial charge in [0.15, 0.2) is 6.10 Å². The molecule has 0 amide bonds. The number of rotatable bonds is 54. The number of esters is 3. The second-order valence-corrected chi connectivity index (χ2v) is 19.9. The van der Waals surface area contributed by atoms with Crippen molar-refractivity contribution < 1.29 is 28.6 Å². The Kier molecular flexibility index (Phi) is 54.2. The zero-order valence-corrected chi connectivity index (χ0v) is 44.9. The molecule has 0 heterocycles. The number of ether oxygens (including phenoxy) is 3. The van der Waals surface area contributed by atoms with E-state index in [2.05, 4.69) is 57.2 Å². The lowest BCUT2D eigenvalue weighted by Crippen LogP contribution is -2.30. The first-order valence-corrected chi connectivity index (χ1v) is 29.5. The third-order valence-corrected chi connectivity index (χ3v) is 13.1. The first-order valence-electron chi connectivity index (χ1n) is 29.5. The van der Waals surface area contributed by atoms with E-state index in [1.807, 2.05) is 0 Å². The molecule has 0 saturated carbocycles. The lowest BCUT2D eigenvalue weighted by molar-refractivity contribution is -0.167. The Balaban J connectivity index is 4.40. The molecule has 0 aliphatic heterocycles. The molecular formula is C61H112O6. The van der Waals surface area contributed by atoms with Crippen molar-refractivity contribution in [1.29, 1.82) is 0 Å². The number of hydrogen-bond donors (Lipinski definition) is 0. The molecule has 0 aromatic rings. The summed E-state index contributed by atoms with van der Waals surface area (Å²) in [5.74, 6) is -0.917. The minimum absolute atomic E-state index is 0.0825. The van der Waals surface area contributed by atoms with Gasteiger partial charge in [-0.05, 0) is 51.4 Å². The van der Waals surface area contributed by atoms with Crippen molar-refractivity contribution in [2.24, 2.45) is 0 Å². The summed E-state index contributed by atoms with van der Waals surface area (Å²) in [5, 5.41) is 0. The highest BCUT2D eigenvalue weighted by atomic mass is 16.6. The van der Waals surface area contributed by atoms with Crippen LogP contribution in [0.1, 0.15) is 316 Å². The summed E-state index contributed by atoms with van der Waals surface area (Å²) in [4.78, 5) is 38.1. The average Bonchev–Trinajstić information content (AvgIpc) is 3.33. The minimum atomic E-state index is -0.788. The van der Waals surface area contributed by atoms with E-state index in [0.29, 0.717) is 25.7 Å². The summed E-state index contributed by atoms with van der Waals surface area (Å²) >= 11 is 0. The molecule has 0 spiro atoms. The van der Waals surface area contributed by atoms with Crippen LogP contribution in [0.5, 0.6) is 0 Å². The predicted octanol–water partition coefficient (Wildman–Crippen LogP) is 19.7. The van der Waals surface area contributed by atoms with Crippen molar-refractivity contribution in [3.63, 3.8) is 0 Å². The van der Waals surface area contributed by atoms with Gasteiger partial charge in [0.1, 0.15) is 13.2 Å². The van der Waals surface area contributed by atoms with Crippen LogP contribution >= 0.6 is 0 Å². The van der Waals surface area contributed by atoms with Gasteiger partial charge in [-0.3, -0.25) is 14.4 Å². The molecule has 0 aliphatic carbocycles. The minimum Gasteiger partial charge on any atom is -0.462 e. The fourth-order valence-corrected chi connectivity index (χ4v) is 8.70. The van der Waals surface area contributed by atoms with Crippen LogP contribution < -0.4 is 0 Å². The van der Waals surface area contributed by atoms with E-state index in [9.17, 15) is 14.4 Å². The molecule has 0 fully saturated rings. The molecule has 392 valence electrons. The highest BCUT2D eigenvalue weighted by molar-refractivity contribution is 5.71. The Morgan fingerprint density at radius 3 is 0.896 bits per heavy atom. The van der Waals surface area contributed by atoms with Crippen molar-refractivity contribution in [1.82, 2.24) is 0 Å². The van der Waals surface area contributed by atoms with Crippen LogP contribution in [0.15, 0.2) is 36.5 Å². The second kappa shape index (κ2) is 56.2. The van der Waals surface area contributed by atoms with Gasteiger partial charge < -0.3 is 14.2 Å². The maximum Gasteiger partial charge on any atom is 0.306 e. The number of carbonyl (C=O) groups excluding carboxylic acids is 3. The van der Waals surface area contributed by atoms with E-state index in [4.69, 9.17) is 14.2 Å². The van der Waals surface area contributed by atoms with Crippen LogP contribution in [-0.2, 0) is 28.6 Å². The lowest BCUT2D eigenvalue weighted by Gasteiger charge is -2.18. The summed E-state index contributed by atoms with van der Waals surface area (Å²) in [5.41, 5.74) is 0. The fraction of sp³-hybridized carbons (Fsp3) is 0.852. The summed E-state index contributed by atoms with van der Waals surface area (Å²) in [6.45, 7) is 6.64. The molecule has 0 bridgehead atoms. The topological polar surface area (TPSA) is 78.9 Å². The predicted molar refractivity (Wildman–Crippen MR) is 289 cm³/mol. The van der Waals surface area contributed by atoms with Crippen LogP contribution in [0.25, 0.3) is 0 Å². The molecular weight excluding hydrogens is 829 g/mol. The van der Waals surface area contributed by atoms with Gasteiger partial charge in [0, 0.05) is 19.3 Å². The van der Waals surface area contributed by atoms with Gasteiger partial charge in [-0.25, -0.2) is 0 Å². The standard InChI is InChI=1S/C61H112O6/c1-4-7-10-13-16-19-22-25-28-30-33-36-39-42-45-48-51-54-60(63)66-57-58(56-65-59(62)53-50-47-44-41-38-35-32-27-24-21-18-15-12-9-6-3)67-61(64)55-52-49-46-43-40-37-34-31-29-26-23-20-17-14-11-8-5-2/h25,28,33,36,42,45,58H,4-24,26-27,29-32,34-35,37-41,43-44,46-57H2,1-3H3/b28-25-,36-33-,45-42-. The third-order valence-electron chi connectivity index (χ3n) is 13.1. The molecule has 6 heteroatoms. The molecule has 0 radical (unpaired) electrons. The van der Waals surface area contributed by atoms with Crippen molar-refractivity contribution in [2.75, 3.05) is 13.2 Å². The van der Waals surface area contributed by atoms with Crippen molar-refractivity contribution >= 4 is 17.9 Å². The number of allylic oxidation sites excluding steroid dienone is 6. The Morgan fingerprint density at radius 2 is 0.552 bits per heavy atom. The summed E-state index contributed by atoms with van der Waals surface area (Å²) in [6.07, 6.45) is 67.1. The largest absolute Gasteiger partial charge is 0.462 e. The average molecular weight is 942 g/mol. The summed E-state index contributed by atoms with van der Waals surface area (Å²) in [7, 11) is 0. The molecule has 67 heavy (non-hydrogen) atoms. The van der Waals surface area contributed by atoms with Gasteiger partial charge in [0.05, 0.1) is 0 Å². The van der Waals surface area contributed by atoms with Crippen LogP contribution in [0.3, 0.4) is 0 Å². The Hall–Kier alpha value is -2.37. The van der Waals surface area contributed by atoms with E-state index in [1.54, 1.807) is 0 Å².